The Hall–Kier alpha value is -2.67. The number of carbonyl (C=O) groups excluding carboxylic acids is 3. The molecule has 0 fully saturated rings. The van der Waals surface area contributed by atoms with Crippen molar-refractivity contribution in [2.45, 2.75) is 6.92 Å². The van der Waals surface area contributed by atoms with Crippen LogP contribution < -0.4 is 5.32 Å². The fraction of sp³-hybridized carbons (Fsp3) is 0.143. The molecule has 0 atom stereocenters. The summed E-state index contributed by atoms with van der Waals surface area (Å²) in [5.41, 5.74) is 0.213. The maximum atomic E-state index is 11.7. The van der Waals surface area contributed by atoms with Crippen LogP contribution in [0.3, 0.4) is 0 Å². The number of nitrogens with one attached hydrogen (secondary N) is 1. The third-order valence-electron chi connectivity index (χ3n) is 2.53. The molecule has 0 saturated carbocycles. The van der Waals surface area contributed by atoms with Gasteiger partial charge >= 0.3 is 5.97 Å². The highest BCUT2D eigenvalue weighted by atomic mass is 35.5. The van der Waals surface area contributed by atoms with E-state index in [9.17, 15) is 14.4 Å². The van der Waals surface area contributed by atoms with Crippen LogP contribution >= 0.6 is 11.6 Å². The predicted octanol–water partition coefficient (Wildman–Crippen LogP) is 1.75. The number of hydrogen-bond donors (Lipinski definition) is 1. The second kappa shape index (κ2) is 6.86. The highest BCUT2D eigenvalue weighted by Gasteiger charge is 2.16. The lowest BCUT2D eigenvalue weighted by Gasteiger charge is -2.04. The number of amides is 2. The molecule has 0 unspecified atom stereocenters. The summed E-state index contributed by atoms with van der Waals surface area (Å²) in [6.07, 6.45) is 0. The summed E-state index contributed by atoms with van der Waals surface area (Å²) < 4.78 is 9.42. The van der Waals surface area contributed by atoms with Crippen LogP contribution in [-0.2, 0) is 9.53 Å². The van der Waals surface area contributed by atoms with Gasteiger partial charge in [0.2, 0.25) is 0 Å². The smallest absolute Gasteiger partial charge is 0.361 e. The van der Waals surface area contributed by atoms with Crippen LogP contribution in [0.15, 0.2) is 34.9 Å². The molecule has 8 heteroatoms. The monoisotopic (exact) mass is 322 g/mol. The van der Waals surface area contributed by atoms with Crippen molar-refractivity contribution in [2.75, 3.05) is 6.61 Å². The van der Waals surface area contributed by atoms with Crippen LogP contribution in [0.1, 0.15) is 26.6 Å². The molecule has 0 radical (unpaired) electrons. The van der Waals surface area contributed by atoms with Crippen molar-refractivity contribution >= 4 is 29.4 Å². The highest BCUT2D eigenvalue weighted by molar-refractivity contribution is 6.30. The summed E-state index contributed by atoms with van der Waals surface area (Å²) in [6.45, 7) is 1.01. The number of imide groups is 1. The van der Waals surface area contributed by atoms with Gasteiger partial charge in [0.05, 0.1) is 0 Å². The number of nitrogens with zero attached hydrogens (tertiary/aromatic N) is 1. The zero-order valence-corrected chi connectivity index (χ0v) is 12.2. The van der Waals surface area contributed by atoms with Crippen molar-refractivity contribution in [3.63, 3.8) is 0 Å². The van der Waals surface area contributed by atoms with E-state index in [0.717, 1.165) is 0 Å². The molecule has 1 heterocycles. The van der Waals surface area contributed by atoms with E-state index < -0.39 is 24.4 Å². The first kappa shape index (κ1) is 15.7. The number of esters is 1. The Bertz CT molecular complexity index is 708. The van der Waals surface area contributed by atoms with Crippen LogP contribution in [0.5, 0.6) is 0 Å². The van der Waals surface area contributed by atoms with Gasteiger partial charge in [0, 0.05) is 16.7 Å². The van der Waals surface area contributed by atoms with Crippen LogP contribution in [0.4, 0.5) is 0 Å². The summed E-state index contributed by atoms with van der Waals surface area (Å²) in [5, 5.41) is 6.01. The molecule has 0 spiro atoms. The van der Waals surface area contributed by atoms with Gasteiger partial charge in [-0.1, -0.05) is 16.8 Å². The molecule has 22 heavy (non-hydrogen) atoms. The lowest BCUT2D eigenvalue weighted by molar-refractivity contribution is -0.123. The van der Waals surface area contributed by atoms with Crippen LogP contribution in [0.2, 0.25) is 5.02 Å². The fourth-order valence-corrected chi connectivity index (χ4v) is 1.63. The van der Waals surface area contributed by atoms with Gasteiger partial charge in [0.1, 0.15) is 5.76 Å². The third kappa shape index (κ3) is 4.16. The average molecular weight is 323 g/mol. The maximum Gasteiger partial charge on any atom is 0.361 e. The van der Waals surface area contributed by atoms with E-state index in [1.807, 2.05) is 0 Å². The van der Waals surface area contributed by atoms with Crippen molar-refractivity contribution in [1.82, 2.24) is 10.5 Å². The first-order valence-electron chi connectivity index (χ1n) is 6.16. The summed E-state index contributed by atoms with van der Waals surface area (Å²) in [5.74, 6) is -1.75. The SMILES string of the molecule is Cc1cc(C(=O)OCC(=O)NC(=O)c2ccc(Cl)cc2)no1. The molecule has 1 aromatic heterocycles. The van der Waals surface area contributed by atoms with Gasteiger partial charge in [-0.05, 0) is 31.2 Å². The molecule has 0 aliphatic carbocycles. The van der Waals surface area contributed by atoms with Gasteiger partial charge in [-0.15, -0.1) is 0 Å². The Balaban J connectivity index is 1.84. The molecule has 0 aliphatic rings. The summed E-state index contributed by atoms with van der Waals surface area (Å²) >= 11 is 5.70. The van der Waals surface area contributed by atoms with E-state index >= 15 is 0 Å². The largest absolute Gasteiger partial charge is 0.451 e. The molecule has 2 rings (SSSR count). The highest BCUT2D eigenvalue weighted by Crippen LogP contribution is 2.09. The molecular formula is C14H11ClN2O5. The van der Waals surface area contributed by atoms with Crippen molar-refractivity contribution in [3.8, 4) is 0 Å². The maximum absolute atomic E-state index is 11.7. The molecule has 7 nitrogen and oxygen atoms in total. The van der Waals surface area contributed by atoms with E-state index in [1.165, 1.54) is 30.3 Å². The lowest BCUT2D eigenvalue weighted by Crippen LogP contribution is -2.34. The number of rotatable bonds is 4. The van der Waals surface area contributed by atoms with E-state index in [0.29, 0.717) is 10.8 Å². The molecule has 0 saturated heterocycles. The number of aryl methyl sites for hydroxylation is 1. The number of ether oxygens (including phenoxy) is 1. The number of benzene rings is 1. The average Bonchev–Trinajstić information content (AvgIpc) is 2.92. The van der Waals surface area contributed by atoms with Crippen molar-refractivity contribution in [2.24, 2.45) is 0 Å². The topological polar surface area (TPSA) is 98.5 Å². The van der Waals surface area contributed by atoms with Crippen molar-refractivity contribution in [1.29, 1.82) is 0 Å². The first-order chi connectivity index (χ1) is 10.5. The van der Waals surface area contributed by atoms with Crippen LogP contribution in [-0.4, -0.2) is 29.5 Å². The van der Waals surface area contributed by atoms with Gasteiger partial charge in [-0.25, -0.2) is 4.79 Å². The zero-order valence-electron chi connectivity index (χ0n) is 11.5. The minimum absolute atomic E-state index is 0.0469. The Kier molecular flexibility index (Phi) is 4.90. The molecule has 1 aromatic carbocycles. The molecule has 2 amide bonds. The molecule has 2 aromatic rings. The fourth-order valence-electron chi connectivity index (χ4n) is 1.50. The molecule has 0 aliphatic heterocycles. The zero-order chi connectivity index (χ0) is 16.1. The lowest BCUT2D eigenvalue weighted by atomic mass is 10.2. The molecule has 114 valence electrons. The minimum atomic E-state index is -0.814. The molecule has 0 bridgehead atoms. The third-order valence-corrected chi connectivity index (χ3v) is 2.78. The van der Waals surface area contributed by atoms with Gasteiger partial charge in [-0.2, -0.15) is 0 Å². The molecular weight excluding hydrogens is 312 g/mol. The number of halogens is 1. The Morgan fingerprint density at radius 2 is 1.95 bits per heavy atom. The first-order valence-corrected chi connectivity index (χ1v) is 6.53. The normalized spacial score (nSPS) is 10.1. The quantitative estimate of drug-likeness (QED) is 0.861. The van der Waals surface area contributed by atoms with Gasteiger partial charge in [0.25, 0.3) is 11.8 Å². The number of carbonyl (C=O) groups is 3. The van der Waals surface area contributed by atoms with E-state index in [4.69, 9.17) is 20.9 Å². The summed E-state index contributed by atoms with van der Waals surface area (Å²) in [6, 6.07) is 7.35. The van der Waals surface area contributed by atoms with E-state index in [2.05, 4.69) is 10.5 Å². The van der Waals surface area contributed by atoms with E-state index in [1.54, 1.807) is 6.92 Å². The van der Waals surface area contributed by atoms with Gasteiger partial charge < -0.3 is 9.26 Å². The number of aromatic nitrogens is 1. The standard InChI is InChI=1S/C14H11ClN2O5/c1-8-6-11(17-22-8)14(20)21-7-12(18)16-13(19)9-2-4-10(15)5-3-9/h2-6H,7H2,1H3,(H,16,18,19). The Labute approximate surface area is 130 Å². The van der Waals surface area contributed by atoms with Crippen molar-refractivity contribution < 1.29 is 23.6 Å². The second-order valence-corrected chi connectivity index (χ2v) is 4.72. The van der Waals surface area contributed by atoms with Crippen LogP contribution in [0.25, 0.3) is 0 Å². The molecule has 1 N–H and O–H groups in total. The number of hydrogen-bond acceptors (Lipinski definition) is 6. The summed E-state index contributed by atoms with van der Waals surface area (Å²) in [4.78, 5) is 34.8. The van der Waals surface area contributed by atoms with Crippen LogP contribution in [0, 0.1) is 6.92 Å². The van der Waals surface area contributed by atoms with E-state index in [-0.39, 0.29) is 11.3 Å². The Morgan fingerprint density at radius 3 is 2.55 bits per heavy atom. The minimum Gasteiger partial charge on any atom is -0.451 e. The van der Waals surface area contributed by atoms with Crippen molar-refractivity contribution in [3.05, 3.63) is 52.4 Å². The second-order valence-electron chi connectivity index (χ2n) is 4.28. The van der Waals surface area contributed by atoms with Gasteiger partial charge in [-0.3, -0.25) is 14.9 Å². The summed E-state index contributed by atoms with van der Waals surface area (Å²) in [7, 11) is 0. The predicted molar refractivity (Wildman–Crippen MR) is 75.4 cm³/mol. The van der Waals surface area contributed by atoms with Gasteiger partial charge in [0.15, 0.2) is 12.3 Å². The Morgan fingerprint density at radius 1 is 1.27 bits per heavy atom.